The maximum Gasteiger partial charge on any atom is 0.191 e. The minimum absolute atomic E-state index is 0. The standard InChI is InChI=1S/C16H19F2N3S.HI/c1-11(15-4-3-9-22-15)21-16(19-2)20-8-7-12-10-13(17)5-6-14(12)18;/h3-6,9-11H,7-8H2,1-2H3,(H2,19,20,21);1H. The largest absolute Gasteiger partial charge is 0.356 e. The van der Waals surface area contributed by atoms with Crippen LogP contribution in [0.1, 0.15) is 23.4 Å². The van der Waals surface area contributed by atoms with Crippen molar-refractivity contribution in [1.29, 1.82) is 0 Å². The monoisotopic (exact) mass is 451 g/mol. The molecule has 23 heavy (non-hydrogen) atoms. The molecule has 1 atom stereocenters. The van der Waals surface area contributed by atoms with E-state index in [1.807, 2.05) is 18.4 Å². The highest BCUT2D eigenvalue weighted by molar-refractivity contribution is 14.0. The van der Waals surface area contributed by atoms with Gasteiger partial charge in [0.15, 0.2) is 5.96 Å². The third-order valence-electron chi connectivity index (χ3n) is 3.24. The lowest BCUT2D eigenvalue weighted by Crippen LogP contribution is -2.39. The van der Waals surface area contributed by atoms with Gasteiger partial charge in [-0.1, -0.05) is 6.07 Å². The minimum atomic E-state index is -0.426. The highest BCUT2D eigenvalue weighted by atomic mass is 127. The Bertz CT molecular complexity index is 632. The Hall–Kier alpha value is -1.22. The number of hydrogen-bond acceptors (Lipinski definition) is 2. The van der Waals surface area contributed by atoms with E-state index in [0.717, 1.165) is 12.1 Å². The molecule has 0 aliphatic heterocycles. The smallest absolute Gasteiger partial charge is 0.191 e. The lowest BCUT2D eigenvalue weighted by Gasteiger charge is -2.17. The van der Waals surface area contributed by atoms with Crippen LogP contribution in [-0.4, -0.2) is 19.6 Å². The first-order valence-corrected chi connectivity index (χ1v) is 7.92. The van der Waals surface area contributed by atoms with Gasteiger partial charge in [-0.25, -0.2) is 8.78 Å². The summed E-state index contributed by atoms with van der Waals surface area (Å²) in [5.41, 5.74) is 0.356. The van der Waals surface area contributed by atoms with E-state index < -0.39 is 11.6 Å². The van der Waals surface area contributed by atoms with Crippen LogP contribution in [0.4, 0.5) is 8.78 Å². The van der Waals surface area contributed by atoms with Crippen molar-refractivity contribution in [3.05, 3.63) is 57.8 Å². The van der Waals surface area contributed by atoms with Crippen LogP contribution in [0, 0.1) is 11.6 Å². The van der Waals surface area contributed by atoms with Gasteiger partial charge in [0, 0.05) is 18.5 Å². The van der Waals surface area contributed by atoms with E-state index in [1.165, 1.54) is 10.9 Å². The number of nitrogens with one attached hydrogen (secondary N) is 2. The van der Waals surface area contributed by atoms with Gasteiger partial charge in [0.25, 0.3) is 0 Å². The molecule has 0 aliphatic rings. The van der Waals surface area contributed by atoms with Crippen LogP contribution in [0.3, 0.4) is 0 Å². The van der Waals surface area contributed by atoms with Gasteiger partial charge in [-0.05, 0) is 48.6 Å². The maximum absolute atomic E-state index is 13.5. The molecule has 2 rings (SSSR count). The van der Waals surface area contributed by atoms with E-state index in [2.05, 4.69) is 21.7 Å². The highest BCUT2D eigenvalue weighted by Crippen LogP contribution is 2.17. The number of aliphatic imine (C=N–C) groups is 1. The number of benzene rings is 1. The fraction of sp³-hybridized carbons (Fsp3) is 0.312. The van der Waals surface area contributed by atoms with Crippen molar-refractivity contribution in [1.82, 2.24) is 10.6 Å². The SMILES string of the molecule is CN=C(NCCc1cc(F)ccc1F)NC(C)c1cccs1.I. The number of guanidine groups is 1. The van der Waals surface area contributed by atoms with E-state index in [0.29, 0.717) is 24.5 Å². The van der Waals surface area contributed by atoms with Crippen molar-refractivity contribution in [2.24, 2.45) is 4.99 Å². The second kappa shape index (κ2) is 9.82. The van der Waals surface area contributed by atoms with Crippen molar-refractivity contribution in [3.63, 3.8) is 0 Å². The van der Waals surface area contributed by atoms with Gasteiger partial charge in [-0.3, -0.25) is 4.99 Å². The fourth-order valence-electron chi connectivity index (χ4n) is 2.06. The molecule has 0 radical (unpaired) electrons. The molecule has 0 bridgehead atoms. The van der Waals surface area contributed by atoms with Gasteiger partial charge in [0.1, 0.15) is 11.6 Å². The molecule has 0 saturated carbocycles. The first-order chi connectivity index (χ1) is 10.6. The topological polar surface area (TPSA) is 36.4 Å². The Labute approximate surface area is 156 Å². The van der Waals surface area contributed by atoms with Crippen LogP contribution in [0.25, 0.3) is 0 Å². The molecule has 126 valence electrons. The van der Waals surface area contributed by atoms with Crippen LogP contribution in [0.2, 0.25) is 0 Å². The Kier molecular flexibility index (Phi) is 8.46. The average Bonchev–Trinajstić information content (AvgIpc) is 3.04. The molecule has 0 aliphatic carbocycles. The van der Waals surface area contributed by atoms with Gasteiger partial charge < -0.3 is 10.6 Å². The maximum atomic E-state index is 13.5. The molecule has 0 spiro atoms. The van der Waals surface area contributed by atoms with E-state index >= 15 is 0 Å². The number of halogens is 3. The van der Waals surface area contributed by atoms with Crippen LogP contribution in [0.15, 0.2) is 40.7 Å². The molecule has 0 amide bonds. The van der Waals surface area contributed by atoms with Gasteiger partial charge >= 0.3 is 0 Å². The first kappa shape index (κ1) is 19.8. The van der Waals surface area contributed by atoms with Crippen molar-refractivity contribution in [3.8, 4) is 0 Å². The first-order valence-electron chi connectivity index (χ1n) is 7.04. The summed E-state index contributed by atoms with van der Waals surface area (Å²) >= 11 is 1.67. The minimum Gasteiger partial charge on any atom is -0.356 e. The predicted molar refractivity (Wildman–Crippen MR) is 103 cm³/mol. The molecular formula is C16H20F2IN3S. The second-order valence-electron chi connectivity index (χ2n) is 4.87. The zero-order valence-corrected chi connectivity index (χ0v) is 16.1. The average molecular weight is 451 g/mol. The van der Waals surface area contributed by atoms with E-state index in [4.69, 9.17) is 0 Å². The Morgan fingerprint density at radius 2 is 2.09 bits per heavy atom. The Morgan fingerprint density at radius 1 is 1.30 bits per heavy atom. The molecule has 1 heterocycles. The van der Waals surface area contributed by atoms with Crippen molar-refractivity contribution in [2.75, 3.05) is 13.6 Å². The molecular weight excluding hydrogens is 431 g/mol. The highest BCUT2D eigenvalue weighted by Gasteiger charge is 2.09. The molecule has 1 aromatic heterocycles. The summed E-state index contributed by atoms with van der Waals surface area (Å²) < 4.78 is 26.6. The molecule has 3 nitrogen and oxygen atoms in total. The normalized spacial score (nSPS) is 12.4. The lowest BCUT2D eigenvalue weighted by molar-refractivity contribution is 0.582. The van der Waals surface area contributed by atoms with Crippen molar-refractivity contribution >= 4 is 41.3 Å². The summed E-state index contributed by atoms with van der Waals surface area (Å²) in [7, 11) is 1.68. The summed E-state index contributed by atoms with van der Waals surface area (Å²) in [6.07, 6.45) is 0.387. The molecule has 7 heteroatoms. The second-order valence-corrected chi connectivity index (χ2v) is 5.85. The lowest BCUT2D eigenvalue weighted by atomic mass is 10.1. The van der Waals surface area contributed by atoms with Gasteiger partial charge in [-0.15, -0.1) is 35.3 Å². The molecule has 0 saturated heterocycles. The van der Waals surface area contributed by atoms with Crippen molar-refractivity contribution in [2.45, 2.75) is 19.4 Å². The number of hydrogen-bond donors (Lipinski definition) is 2. The van der Waals surface area contributed by atoms with Crippen LogP contribution in [-0.2, 0) is 6.42 Å². The zero-order chi connectivity index (χ0) is 15.9. The predicted octanol–water partition coefficient (Wildman–Crippen LogP) is 4.11. The van der Waals surface area contributed by atoms with Crippen molar-refractivity contribution < 1.29 is 8.78 Å². The summed E-state index contributed by atoms with van der Waals surface area (Å²) in [5.74, 6) is -0.180. The fourth-order valence-corrected chi connectivity index (χ4v) is 2.79. The quantitative estimate of drug-likeness (QED) is 0.408. The number of nitrogens with zero attached hydrogens (tertiary/aromatic N) is 1. The van der Waals surface area contributed by atoms with Gasteiger partial charge in [-0.2, -0.15) is 0 Å². The summed E-state index contributed by atoms with van der Waals surface area (Å²) in [6, 6.07) is 7.68. The molecule has 2 aromatic rings. The Balaban J connectivity index is 0.00000264. The Morgan fingerprint density at radius 3 is 2.74 bits per heavy atom. The van der Waals surface area contributed by atoms with Crippen LogP contribution >= 0.6 is 35.3 Å². The summed E-state index contributed by atoms with van der Waals surface area (Å²) in [5, 5.41) is 8.40. The number of thiophene rings is 1. The third-order valence-corrected chi connectivity index (χ3v) is 4.30. The zero-order valence-electron chi connectivity index (χ0n) is 13.0. The molecule has 0 fully saturated rings. The summed E-state index contributed by atoms with van der Waals surface area (Å²) in [6.45, 7) is 2.52. The number of rotatable bonds is 5. The summed E-state index contributed by atoms with van der Waals surface area (Å²) in [4.78, 5) is 5.35. The third kappa shape index (κ3) is 6.06. The van der Waals surface area contributed by atoms with E-state index in [1.54, 1.807) is 18.4 Å². The van der Waals surface area contributed by atoms with Gasteiger partial charge in [0.05, 0.1) is 6.04 Å². The van der Waals surface area contributed by atoms with Crippen LogP contribution in [0.5, 0.6) is 0 Å². The van der Waals surface area contributed by atoms with E-state index in [9.17, 15) is 8.78 Å². The van der Waals surface area contributed by atoms with Gasteiger partial charge in [0.2, 0.25) is 0 Å². The molecule has 1 aromatic carbocycles. The van der Waals surface area contributed by atoms with E-state index in [-0.39, 0.29) is 30.0 Å². The molecule has 2 N–H and O–H groups in total. The van der Waals surface area contributed by atoms with Crippen LogP contribution < -0.4 is 10.6 Å². The molecule has 1 unspecified atom stereocenters.